The lowest BCUT2D eigenvalue weighted by Crippen LogP contribution is -2.69. The quantitative estimate of drug-likeness (QED) is 0.744. The van der Waals surface area contributed by atoms with Crippen LogP contribution in [0.1, 0.15) is 56.4 Å². The molecule has 5 rings (SSSR count). The normalized spacial score (nSPS) is 26.8. The molecule has 2 aromatic heterocycles. The van der Waals surface area contributed by atoms with Gasteiger partial charge in [-0.15, -0.1) is 0 Å². The standard InChI is InChI=1S/C21H29N5O4S/c27-21(28)26-13-17(19(26)15-4-2-1-3-5-15)31(29,30)25-10-6-14(7-11-25)16-12-24-20-18(16)22-8-9-23-20/h8-9,12,14-15,17,19H,1-7,10-11,13H2,(H,23,24)(H,27,28). The van der Waals surface area contributed by atoms with Crippen molar-refractivity contribution in [1.29, 1.82) is 0 Å². The third kappa shape index (κ3) is 3.59. The molecule has 0 radical (unpaired) electrons. The molecule has 3 fully saturated rings. The number of carbonyl (C=O) groups is 1. The SMILES string of the molecule is O=C(O)N1CC(S(=O)(=O)N2CCC(c3c[nH]c4nccnc34)CC2)C1C1CCCCC1. The average Bonchev–Trinajstić information content (AvgIpc) is 3.17. The van der Waals surface area contributed by atoms with Crippen LogP contribution in [0.25, 0.3) is 11.2 Å². The summed E-state index contributed by atoms with van der Waals surface area (Å²) < 4.78 is 28.5. The zero-order valence-corrected chi connectivity index (χ0v) is 18.3. The molecule has 10 heteroatoms. The minimum atomic E-state index is -3.53. The fraction of sp³-hybridized carbons (Fsp3) is 0.667. The summed E-state index contributed by atoms with van der Waals surface area (Å²) in [5.41, 5.74) is 2.71. The molecule has 3 aliphatic rings. The van der Waals surface area contributed by atoms with Crippen molar-refractivity contribution in [1.82, 2.24) is 24.2 Å². The molecule has 4 heterocycles. The summed E-state index contributed by atoms with van der Waals surface area (Å²) in [4.78, 5) is 24.9. The van der Waals surface area contributed by atoms with Crippen molar-refractivity contribution in [2.45, 2.75) is 62.2 Å². The van der Waals surface area contributed by atoms with Crippen molar-refractivity contribution in [2.75, 3.05) is 19.6 Å². The van der Waals surface area contributed by atoms with Gasteiger partial charge in [-0.05, 0) is 37.5 Å². The zero-order chi connectivity index (χ0) is 21.6. The number of amides is 1. The molecule has 9 nitrogen and oxygen atoms in total. The van der Waals surface area contributed by atoms with Crippen molar-refractivity contribution in [2.24, 2.45) is 5.92 Å². The Labute approximate surface area is 181 Å². The summed E-state index contributed by atoms with van der Waals surface area (Å²) in [6.07, 6.45) is 10.8. The molecule has 1 aliphatic carbocycles. The Morgan fingerprint density at radius 3 is 2.48 bits per heavy atom. The molecule has 2 atom stereocenters. The maximum Gasteiger partial charge on any atom is 0.407 e. The van der Waals surface area contributed by atoms with E-state index in [-0.39, 0.29) is 18.4 Å². The monoisotopic (exact) mass is 447 g/mol. The molecule has 2 aromatic rings. The van der Waals surface area contributed by atoms with Crippen LogP contribution in [0.5, 0.6) is 0 Å². The summed E-state index contributed by atoms with van der Waals surface area (Å²) in [7, 11) is -3.53. The Morgan fingerprint density at radius 1 is 1.06 bits per heavy atom. The Bertz CT molecular complexity index is 1060. The van der Waals surface area contributed by atoms with E-state index in [1.165, 1.54) is 4.90 Å². The maximum absolute atomic E-state index is 13.5. The second kappa shape index (κ2) is 8.05. The number of aromatic nitrogens is 3. The lowest BCUT2D eigenvalue weighted by Gasteiger charge is -2.51. The first-order valence-electron chi connectivity index (χ1n) is 11.2. The van der Waals surface area contributed by atoms with Gasteiger partial charge in [-0.2, -0.15) is 0 Å². The smallest absolute Gasteiger partial charge is 0.407 e. The van der Waals surface area contributed by atoms with Crippen LogP contribution in [0.15, 0.2) is 18.6 Å². The van der Waals surface area contributed by atoms with Crippen LogP contribution in [-0.4, -0.2) is 74.7 Å². The molecule has 0 spiro atoms. The minimum Gasteiger partial charge on any atom is -0.465 e. The summed E-state index contributed by atoms with van der Waals surface area (Å²) >= 11 is 0. The van der Waals surface area contributed by atoms with Gasteiger partial charge in [0.25, 0.3) is 0 Å². The molecular formula is C21H29N5O4S. The lowest BCUT2D eigenvalue weighted by atomic mass is 9.78. The molecular weight excluding hydrogens is 418 g/mol. The highest BCUT2D eigenvalue weighted by atomic mass is 32.2. The van der Waals surface area contributed by atoms with Crippen LogP contribution >= 0.6 is 0 Å². The van der Waals surface area contributed by atoms with E-state index in [1.54, 1.807) is 16.7 Å². The van der Waals surface area contributed by atoms with Crippen molar-refractivity contribution in [3.63, 3.8) is 0 Å². The van der Waals surface area contributed by atoms with Crippen LogP contribution in [0.3, 0.4) is 0 Å². The fourth-order valence-electron chi connectivity index (χ4n) is 5.79. The Balaban J connectivity index is 1.29. The molecule has 2 unspecified atom stereocenters. The van der Waals surface area contributed by atoms with Crippen LogP contribution in [0, 0.1) is 5.92 Å². The molecule has 2 N–H and O–H groups in total. The van der Waals surface area contributed by atoms with Crippen LogP contribution in [0.4, 0.5) is 4.79 Å². The van der Waals surface area contributed by atoms with Crippen LogP contribution in [0.2, 0.25) is 0 Å². The van der Waals surface area contributed by atoms with E-state index < -0.39 is 27.4 Å². The molecule has 31 heavy (non-hydrogen) atoms. The predicted molar refractivity (Wildman–Crippen MR) is 115 cm³/mol. The second-order valence-corrected chi connectivity index (χ2v) is 11.2. The Hall–Kier alpha value is -2.20. The number of H-pyrrole nitrogens is 1. The van der Waals surface area contributed by atoms with Crippen molar-refractivity contribution in [3.8, 4) is 0 Å². The number of likely N-dealkylation sites (tertiary alicyclic amines) is 1. The predicted octanol–water partition coefficient (Wildman–Crippen LogP) is 2.78. The first kappa shape index (κ1) is 20.7. The van der Waals surface area contributed by atoms with Gasteiger partial charge in [0.15, 0.2) is 5.65 Å². The lowest BCUT2D eigenvalue weighted by molar-refractivity contribution is 0.0363. The van der Waals surface area contributed by atoms with Gasteiger partial charge in [-0.3, -0.25) is 4.98 Å². The van der Waals surface area contributed by atoms with Gasteiger partial charge in [0.2, 0.25) is 10.0 Å². The molecule has 1 saturated carbocycles. The van der Waals surface area contributed by atoms with Gasteiger partial charge >= 0.3 is 6.09 Å². The number of fused-ring (bicyclic) bond motifs is 1. The number of carboxylic acid groups (broad SMARTS) is 1. The zero-order valence-electron chi connectivity index (χ0n) is 17.5. The maximum atomic E-state index is 13.5. The number of nitrogens with zero attached hydrogens (tertiary/aromatic N) is 4. The van der Waals surface area contributed by atoms with E-state index >= 15 is 0 Å². The minimum absolute atomic E-state index is 0.0940. The van der Waals surface area contributed by atoms with Crippen LogP contribution in [-0.2, 0) is 10.0 Å². The third-order valence-corrected chi connectivity index (χ3v) is 9.75. The number of hydrogen-bond acceptors (Lipinski definition) is 5. The molecule has 0 aromatic carbocycles. The number of aromatic amines is 1. The Morgan fingerprint density at radius 2 is 1.77 bits per heavy atom. The van der Waals surface area contributed by atoms with Crippen molar-refractivity contribution >= 4 is 27.3 Å². The van der Waals surface area contributed by atoms with Gasteiger partial charge in [0.05, 0.1) is 6.04 Å². The number of sulfonamides is 1. The number of rotatable bonds is 4. The van der Waals surface area contributed by atoms with Gasteiger partial charge < -0.3 is 15.0 Å². The van der Waals surface area contributed by atoms with Crippen molar-refractivity contribution < 1.29 is 18.3 Å². The second-order valence-electron chi connectivity index (χ2n) is 9.08. The van der Waals surface area contributed by atoms with Gasteiger partial charge in [-0.1, -0.05) is 19.3 Å². The molecule has 168 valence electrons. The molecule has 0 bridgehead atoms. The number of piperidine rings is 1. The van der Waals surface area contributed by atoms with Crippen LogP contribution < -0.4 is 0 Å². The van der Waals surface area contributed by atoms with Crippen molar-refractivity contribution in [3.05, 3.63) is 24.2 Å². The molecule has 2 aliphatic heterocycles. The van der Waals surface area contributed by atoms with Gasteiger partial charge in [0, 0.05) is 43.8 Å². The molecule has 1 amide bonds. The summed E-state index contributed by atoms with van der Waals surface area (Å²) in [5, 5.41) is 8.95. The van der Waals surface area contributed by atoms with Gasteiger partial charge in [0.1, 0.15) is 10.8 Å². The van der Waals surface area contributed by atoms with E-state index in [2.05, 4.69) is 15.0 Å². The first-order valence-corrected chi connectivity index (χ1v) is 12.7. The van der Waals surface area contributed by atoms with E-state index in [1.807, 2.05) is 6.20 Å². The highest BCUT2D eigenvalue weighted by Crippen LogP contribution is 2.40. The third-order valence-electron chi connectivity index (χ3n) is 7.47. The summed E-state index contributed by atoms with van der Waals surface area (Å²) in [6, 6.07) is -0.399. The summed E-state index contributed by atoms with van der Waals surface area (Å²) in [5.74, 6) is 0.392. The summed E-state index contributed by atoms with van der Waals surface area (Å²) in [6.45, 7) is 1.01. The highest BCUT2D eigenvalue weighted by molar-refractivity contribution is 7.89. The Kier molecular flexibility index (Phi) is 5.37. The molecule has 2 saturated heterocycles. The largest absolute Gasteiger partial charge is 0.465 e. The van der Waals surface area contributed by atoms with E-state index in [9.17, 15) is 18.3 Å². The highest BCUT2D eigenvalue weighted by Gasteiger charge is 2.54. The van der Waals surface area contributed by atoms with E-state index in [0.717, 1.165) is 61.7 Å². The number of hydrogen-bond donors (Lipinski definition) is 2. The number of nitrogens with one attached hydrogen (secondary N) is 1. The first-order chi connectivity index (χ1) is 15.0. The fourth-order valence-corrected chi connectivity index (χ4v) is 7.96. The van der Waals surface area contributed by atoms with Gasteiger partial charge in [-0.25, -0.2) is 22.5 Å². The van der Waals surface area contributed by atoms with E-state index in [4.69, 9.17) is 0 Å². The topological polar surface area (TPSA) is 119 Å². The van der Waals surface area contributed by atoms with E-state index in [0.29, 0.717) is 13.1 Å². The average molecular weight is 448 g/mol.